The number of hydrogen-bond acceptors (Lipinski definition) is 4. The number of piperidine rings is 1. The van der Waals surface area contributed by atoms with Crippen LogP contribution in [0.4, 0.5) is 0 Å². The number of halogens is 1. The quantitative estimate of drug-likeness (QED) is 0.736. The summed E-state index contributed by atoms with van der Waals surface area (Å²) < 4.78 is 27.7. The van der Waals surface area contributed by atoms with Crippen LogP contribution in [0, 0.1) is 5.92 Å². The summed E-state index contributed by atoms with van der Waals surface area (Å²) in [7, 11) is -3.33. The molecule has 0 bridgehead atoms. The van der Waals surface area contributed by atoms with Crippen LogP contribution < -0.4 is 5.32 Å². The topological polar surface area (TPSA) is 69.7 Å². The first-order valence-corrected chi connectivity index (χ1v) is 11.8. The van der Waals surface area contributed by atoms with Gasteiger partial charge in [-0.2, -0.15) is 0 Å². The van der Waals surface area contributed by atoms with E-state index in [0.717, 1.165) is 36.2 Å². The average Bonchev–Trinajstić information content (AvgIpc) is 2.69. The molecule has 1 aromatic rings. The molecule has 2 fully saturated rings. The number of hydrogen-bond donors (Lipinski definition) is 1. The first kappa shape index (κ1) is 20.5. The van der Waals surface area contributed by atoms with Gasteiger partial charge in [0, 0.05) is 49.7 Å². The molecule has 1 aromatic carbocycles. The second-order valence-electron chi connectivity index (χ2n) is 6.98. The summed E-state index contributed by atoms with van der Waals surface area (Å²) in [6.07, 6.45) is 4.73. The van der Waals surface area contributed by atoms with Crippen LogP contribution in [0.3, 0.4) is 0 Å². The maximum Gasteiger partial charge on any atom is 0.225 e. The lowest BCUT2D eigenvalue weighted by Gasteiger charge is -2.35. The standard InChI is InChI=1S/C19H26BrN3O3S/c20-18-5-3-16(4-6-18)2-1-15-27(25,26)23-11-7-17(8-12-23)19(24)22-13-9-21-10-14-22/h1-6,17,21H,7-15H2. The second kappa shape index (κ2) is 9.32. The predicted octanol–water partition coefficient (Wildman–Crippen LogP) is 1.94. The van der Waals surface area contributed by atoms with E-state index in [1.165, 1.54) is 4.31 Å². The molecular weight excluding hydrogens is 430 g/mol. The normalized spacial score (nSPS) is 20.3. The molecule has 27 heavy (non-hydrogen) atoms. The summed E-state index contributed by atoms with van der Waals surface area (Å²) in [4.78, 5) is 14.5. The smallest absolute Gasteiger partial charge is 0.225 e. The first-order chi connectivity index (χ1) is 13.0. The number of piperazine rings is 1. The minimum absolute atomic E-state index is 0.0144. The van der Waals surface area contributed by atoms with Crippen LogP contribution in [0.1, 0.15) is 18.4 Å². The lowest BCUT2D eigenvalue weighted by atomic mass is 9.96. The largest absolute Gasteiger partial charge is 0.340 e. The van der Waals surface area contributed by atoms with Gasteiger partial charge in [-0.05, 0) is 30.5 Å². The third kappa shape index (κ3) is 5.63. The monoisotopic (exact) mass is 455 g/mol. The zero-order valence-electron chi connectivity index (χ0n) is 15.3. The van der Waals surface area contributed by atoms with Gasteiger partial charge in [0.1, 0.15) is 0 Å². The Kier molecular flexibility index (Phi) is 7.08. The Bertz CT molecular complexity index is 766. The Morgan fingerprint density at radius 2 is 1.74 bits per heavy atom. The van der Waals surface area contributed by atoms with E-state index in [2.05, 4.69) is 21.2 Å². The summed E-state index contributed by atoms with van der Waals surface area (Å²) in [6, 6.07) is 7.71. The highest BCUT2D eigenvalue weighted by atomic mass is 79.9. The molecule has 148 valence electrons. The van der Waals surface area contributed by atoms with Crippen LogP contribution in [-0.2, 0) is 14.8 Å². The molecule has 2 saturated heterocycles. The van der Waals surface area contributed by atoms with Gasteiger partial charge in [-0.15, -0.1) is 0 Å². The van der Waals surface area contributed by atoms with Gasteiger partial charge in [-0.1, -0.05) is 40.2 Å². The molecule has 6 nitrogen and oxygen atoms in total. The highest BCUT2D eigenvalue weighted by Crippen LogP contribution is 2.22. The van der Waals surface area contributed by atoms with Crippen molar-refractivity contribution in [3.63, 3.8) is 0 Å². The molecule has 0 spiro atoms. The van der Waals surface area contributed by atoms with Crippen molar-refractivity contribution in [1.29, 1.82) is 0 Å². The van der Waals surface area contributed by atoms with Crippen molar-refractivity contribution in [3.05, 3.63) is 40.4 Å². The fourth-order valence-electron chi connectivity index (χ4n) is 3.51. The third-order valence-corrected chi connectivity index (χ3v) is 7.41. The molecule has 0 unspecified atom stereocenters. The number of rotatable bonds is 5. The van der Waals surface area contributed by atoms with Gasteiger partial charge < -0.3 is 10.2 Å². The highest BCUT2D eigenvalue weighted by Gasteiger charge is 2.32. The zero-order valence-corrected chi connectivity index (χ0v) is 17.7. The van der Waals surface area contributed by atoms with E-state index in [4.69, 9.17) is 0 Å². The van der Waals surface area contributed by atoms with E-state index in [1.807, 2.05) is 35.2 Å². The van der Waals surface area contributed by atoms with Gasteiger partial charge in [0.2, 0.25) is 15.9 Å². The minimum Gasteiger partial charge on any atom is -0.340 e. The van der Waals surface area contributed by atoms with Crippen LogP contribution in [0.2, 0.25) is 0 Å². The van der Waals surface area contributed by atoms with Crippen molar-refractivity contribution >= 4 is 37.9 Å². The van der Waals surface area contributed by atoms with E-state index in [1.54, 1.807) is 6.08 Å². The number of carbonyl (C=O) groups is 1. The van der Waals surface area contributed by atoms with Crippen molar-refractivity contribution in [2.45, 2.75) is 12.8 Å². The van der Waals surface area contributed by atoms with Crippen LogP contribution >= 0.6 is 15.9 Å². The van der Waals surface area contributed by atoms with E-state index < -0.39 is 10.0 Å². The molecule has 2 heterocycles. The molecule has 8 heteroatoms. The Morgan fingerprint density at radius 3 is 2.37 bits per heavy atom. The van der Waals surface area contributed by atoms with Gasteiger partial charge in [-0.3, -0.25) is 4.79 Å². The number of amides is 1. The molecular formula is C19H26BrN3O3S. The Labute approximate surface area is 169 Å². The number of benzene rings is 1. The Morgan fingerprint density at radius 1 is 1.11 bits per heavy atom. The maximum atomic E-state index is 12.6. The highest BCUT2D eigenvalue weighted by molar-refractivity contribution is 9.10. The van der Waals surface area contributed by atoms with Crippen LogP contribution in [-0.4, -0.2) is 68.6 Å². The zero-order chi connectivity index (χ0) is 19.3. The number of sulfonamides is 1. The van der Waals surface area contributed by atoms with Gasteiger partial charge in [0.15, 0.2) is 0 Å². The van der Waals surface area contributed by atoms with Crippen LogP contribution in [0.15, 0.2) is 34.8 Å². The van der Waals surface area contributed by atoms with Gasteiger partial charge in [0.25, 0.3) is 0 Å². The van der Waals surface area contributed by atoms with Crippen molar-refractivity contribution < 1.29 is 13.2 Å². The molecule has 2 aliphatic heterocycles. The van der Waals surface area contributed by atoms with Gasteiger partial charge >= 0.3 is 0 Å². The predicted molar refractivity (Wildman–Crippen MR) is 111 cm³/mol. The summed E-state index contributed by atoms with van der Waals surface area (Å²) in [6.45, 7) is 4.03. The van der Waals surface area contributed by atoms with E-state index in [0.29, 0.717) is 25.9 Å². The Hall–Kier alpha value is -1.22. The molecule has 0 aliphatic carbocycles. The van der Waals surface area contributed by atoms with E-state index >= 15 is 0 Å². The Balaban J connectivity index is 1.50. The fraction of sp³-hybridized carbons (Fsp3) is 0.526. The molecule has 3 rings (SSSR count). The number of carbonyl (C=O) groups excluding carboxylic acids is 1. The minimum atomic E-state index is -3.33. The molecule has 1 N–H and O–H groups in total. The lowest BCUT2D eigenvalue weighted by Crippen LogP contribution is -2.50. The first-order valence-electron chi connectivity index (χ1n) is 9.35. The number of nitrogens with one attached hydrogen (secondary N) is 1. The van der Waals surface area contributed by atoms with Crippen molar-refractivity contribution in [2.75, 3.05) is 45.0 Å². The van der Waals surface area contributed by atoms with E-state index in [-0.39, 0.29) is 17.6 Å². The SMILES string of the molecule is O=C(C1CCN(S(=O)(=O)CC=Cc2ccc(Br)cc2)CC1)N1CCNCC1. The van der Waals surface area contributed by atoms with Crippen LogP contribution in [0.25, 0.3) is 6.08 Å². The second-order valence-corrected chi connectivity index (χ2v) is 9.91. The summed E-state index contributed by atoms with van der Waals surface area (Å²) in [5.41, 5.74) is 0.966. The van der Waals surface area contributed by atoms with Crippen LogP contribution in [0.5, 0.6) is 0 Å². The molecule has 0 atom stereocenters. The molecule has 0 saturated carbocycles. The molecule has 0 aromatic heterocycles. The molecule has 0 radical (unpaired) electrons. The van der Waals surface area contributed by atoms with Crippen molar-refractivity contribution in [1.82, 2.24) is 14.5 Å². The summed E-state index contributed by atoms with van der Waals surface area (Å²) in [5.74, 6) is 0.121. The lowest BCUT2D eigenvalue weighted by molar-refractivity contribution is -0.137. The third-order valence-electron chi connectivity index (χ3n) is 5.11. The maximum absolute atomic E-state index is 12.6. The fourth-order valence-corrected chi connectivity index (χ4v) is 5.09. The summed E-state index contributed by atoms with van der Waals surface area (Å²) in [5, 5.41) is 3.24. The molecule has 2 aliphatic rings. The molecule has 1 amide bonds. The summed E-state index contributed by atoms with van der Waals surface area (Å²) >= 11 is 3.38. The van der Waals surface area contributed by atoms with Crippen molar-refractivity contribution in [3.8, 4) is 0 Å². The van der Waals surface area contributed by atoms with Crippen molar-refractivity contribution in [2.24, 2.45) is 5.92 Å². The van der Waals surface area contributed by atoms with Gasteiger partial charge in [0.05, 0.1) is 5.75 Å². The average molecular weight is 456 g/mol. The number of nitrogens with zero attached hydrogens (tertiary/aromatic N) is 2. The van der Waals surface area contributed by atoms with Gasteiger partial charge in [-0.25, -0.2) is 12.7 Å². The van der Waals surface area contributed by atoms with E-state index in [9.17, 15) is 13.2 Å².